The van der Waals surface area contributed by atoms with Gasteiger partial charge >= 0.3 is 0 Å². The van der Waals surface area contributed by atoms with E-state index in [1.807, 2.05) is 18.2 Å². The zero-order valence-electron chi connectivity index (χ0n) is 13.9. The molecule has 0 unspecified atom stereocenters. The van der Waals surface area contributed by atoms with Gasteiger partial charge in [-0.2, -0.15) is 5.10 Å². The summed E-state index contributed by atoms with van der Waals surface area (Å²) in [5.74, 6) is -0.142. The van der Waals surface area contributed by atoms with Crippen LogP contribution < -0.4 is 5.32 Å². The molecule has 1 saturated heterocycles. The zero-order valence-corrected chi connectivity index (χ0v) is 13.9. The molecule has 2 N–H and O–H groups in total. The molecule has 2 aromatic rings. The van der Waals surface area contributed by atoms with Crippen molar-refractivity contribution < 1.29 is 9.53 Å². The minimum atomic E-state index is -0.142. The van der Waals surface area contributed by atoms with Crippen LogP contribution in [0.1, 0.15) is 23.8 Å². The second-order valence-corrected chi connectivity index (χ2v) is 5.80. The van der Waals surface area contributed by atoms with E-state index in [1.54, 1.807) is 12.3 Å². The number of hydrogen-bond acceptors (Lipinski definition) is 5. The third-order valence-electron chi connectivity index (χ3n) is 4.28. The topological polar surface area (TPSA) is 83.1 Å². The molecule has 1 amide bonds. The van der Waals surface area contributed by atoms with Crippen molar-refractivity contribution in [2.75, 3.05) is 32.8 Å². The Balaban J connectivity index is 1.57. The fraction of sp³-hybridized carbons (Fsp3) is 0.471. The number of morpholine rings is 1. The maximum absolute atomic E-state index is 12.3. The number of rotatable bonds is 6. The van der Waals surface area contributed by atoms with E-state index >= 15 is 0 Å². The van der Waals surface area contributed by atoms with Gasteiger partial charge in [0.2, 0.25) is 0 Å². The van der Waals surface area contributed by atoms with Gasteiger partial charge in [-0.3, -0.25) is 19.8 Å². The normalized spacial score (nSPS) is 16.7. The lowest BCUT2D eigenvalue weighted by Crippen LogP contribution is -2.48. The van der Waals surface area contributed by atoms with Gasteiger partial charge in [-0.15, -0.1) is 0 Å². The molecule has 0 saturated carbocycles. The Morgan fingerprint density at radius 2 is 2.21 bits per heavy atom. The predicted octanol–water partition coefficient (Wildman–Crippen LogP) is 1.31. The van der Waals surface area contributed by atoms with Gasteiger partial charge in [0.1, 0.15) is 11.4 Å². The molecule has 0 spiro atoms. The van der Waals surface area contributed by atoms with Gasteiger partial charge in [0.15, 0.2) is 0 Å². The van der Waals surface area contributed by atoms with E-state index in [1.165, 1.54) is 0 Å². The smallest absolute Gasteiger partial charge is 0.269 e. The molecule has 0 bridgehead atoms. The predicted molar refractivity (Wildman–Crippen MR) is 90.6 cm³/mol. The first-order valence-corrected chi connectivity index (χ1v) is 8.34. The van der Waals surface area contributed by atoms with Crippen LogP contribution in [0.3, 0.4) is 0 Å². The standard InChI is InChI=1S/C17H23N5O2/c1-2-13(22-7-9-24-10-8-22)12-19-17(23)16-11-15(20-21-16)14-5-3-4-6-18-14/h3-6,11,13H,2,7-10,12H2,1H3,(H,19,23)(H,20,21)/t13-/m1/s1. The molecule has 2 aromatic heterocycles. The molecule has 7 nitrogen and oxygen atoms in total. The summed E-state index contributed by atoms with van der Waals surface area (Å²) in [6.45, 7) is 6.12. The average molecular weight is 329 g/mol. The van der Waals surface area contributed by atoms with Gasteiger partial charge in [0.25, 0.3) is 5.91 Å². The van der Waals surface area contributed by atoms with Gasteiger partial charge in [-0.25, -0.2) is 0 Å². The quantitative estimate of drug-likeness (QED) is 0.835. The van der Waals surface area contributed by atoms with E-state index in [0.717, 1.165) is 38.4 Å². The average Bonchev–Trinajstić information content (AvgIpc) is 3.14. The molecular formula is C17H23N5O2. The number of aromatic nitrogens is 3. The summed E-state index contributed by atoms with van der Waals surface area (Å²) in [4.78, 5) is 19.0. The lowest BCUT2D eigenvalue weighted by Gasteiger charge is -2.33. The Morgan fingerprint density at radius 1 is 1.38 bits per heavy atom. The van der Waals surface area contributed by atoms with Crippen molar-refractivity contribution in [3.05, 3.63) is 36.2 Å². The lowest BCUT2D eigenvalue weighted by atomic mass is 10.1. The van der Waals surface area contributed by atoms with Crippen LogP contribution in [-0.2, 0) is 4.74 Å². The van der Waals surface area contributed by atoms with Crippen molar-refractivity contribution in [1.29, 1.82) is 0 Å². The molecule has 1 fully saturated rings. The third-order valence-corrected chi connectivity index (χ3v) is 4.28. The molecule has 3 rings (SSSR count). The van der Waals surface area contributed by atoms with E-state index in [-0.39, 0.29) is 5.91 Å². The Kier molecular flexibility index (Phi) is 5.55. The fourth-order valence-corrected chi connectivity index (χ4v) is 2.86. The van der Waals surface area contributed by atoms with Crippen molar-refractivity contribution in [2.24, 2.45) is 0 Å². The second-order valence-electron chi connectivity index (χ2n) is 5.80. The van der Waals surface area contributed by atoms with Crippen LogP contribution in [0.4, 0.5) is 0 Å². The zero-order chi connectivity index (χ0) is 16.8. The number of aromatic amines is 1. The molecule has 24 heavy (non-hydrogen) atoms. The summed E-state index contributed by atoms with van der Waals surface area (Å²) < 4.78 is 5.39. The number of amides is 1. The maximum Gasteiger partial charge on any atom is 0.269 e. The molecule has 0 aromatic carbocycles. The highest BCUT2D eigenvalue weighted by Gasteiger charge is 2.20. The van der Waals surface area contributed by atoms with Crippen molar-refractivity contribution in [3.8, 4) is 11.4 Å². The Hall–Kier alpha value is -2.25. The number of pyridine rings is 1. The highest BCUT2D eigenvalue weighted by atomic mass is 16.5. The minimum Gasteiger partial charge on any atom is -0.379 e. The molecular weight excluding hydrogens is 306 g/mol. The van der Waals surface area contributed by atoms with Crippen LogP contribution in [0.15, 0.2) is 30.5 Å². The molecule has 1 atom stereocenters. The van der Waals surface area contributed by atoms with E-state index in [0.29, 0.717) is 24.0 Å². The number of carbonyl (C=O) groups excluding carboxylic acids is 1. The minimum absolute atomic E-state index is 0.142. The Labute approximate surface area is 141 Å². The molecule has 128 valence electrons. The first-order chi connectivity index (χ1) is 11.8. The highest BCUT2D eigenvalue weighted by molar-refractivity contribution is 5.93. The molecule has 0 aliphatic carbocycles. The Bertz CT molecular complexity index is 652. The second kappa shape index (κ2) is 8.03. The summed E-state index contributed by atoms with van der Waals surface area (Å²) in [5, 5.41) is 9.96. The van der Waals surface area contributed by atoms with Crippen LogP contribution in [0.2, 0.25) is 0 Å². The van der Waals surface area contributed by atoms with Crippen molar-refractivity contribution >= 4 is 5.91 Å². The van der Waals surface area contributed by atoms with Crippen molar-refractivity contribution in [2.45, 2.75) is 19.4 Å². The van der Waals surface area contributed by atoms with Crippen LogP contribution in [0.5, 0.6) is 0 Å². The van der Waals surface area contributed by atoms with Crippen LogP contribution in [0, 0.1) is 0 Å². The summed E-state index contributed by atoms with van der Waals surface area (Å²) in [5.41, 5.74) is 1.86. The van der Waals surface area contributed by atoms with Crippen LogP contribution in [0.25, 0.3) is 11.4 Å². The molecule has 7 heteroatoms. The largest absolute Gasteiger partial charge is 0.379 e. The Morgan fingerprint density at radius 3 is 2.92 bits per heavy atom. The van der Waals surface area contributed by atoms with Gasteiger partial charge < -0.3 is 10.1 Å². The van der Waals surface area contributed by atoms with E-state index in [9.17, 15) is 4.79 Å². The monoisotopic (exact) mass is 329 g/mol. The number of hydrogen-bond donors (Lipinski definition) is 2. The van der Waals surface area contributed by atoms with E-state index < -0.39 is 0 Å². The molecule has 1 aliphatic heterocycles. The number of ether oxygens (including phenoxy) is 1. The van der Waals surface area contributed by atoms with Crippen molar-refractivity contribution in [1.82, 2.24) is 25.4 Å². The van der Waals surface area contributed by atoms with Gasteiger partial charge in [0, 0.05) is 31.9 Å². The van der Waals surface area contributed by atoms with Gasteiger partial charge in [0.05, 0.1) is 18.9 Å². The molecule has 1 aliphatic rings. The molecule has 3 heterocycles. The van der Waals surface area contributed by atoms with E-state index in [4.69, 9.17) is 4.74 Å². The first kappa shape index (κ1) is 16.6. The van der Waals surface area contributed by atoms with Crippen LogP contribution in [-0.4, -0.2) is 64.9 Å². The summed E-state index contributed by atoms with van der Waals surface area (Å²) in [6, 6.07) is 7.66. The number of H-pyrrole nitrogens is 1. The summed E-state index contributed by atoms with van der Waals surface area (Å²) in [7, 11) is 0. The molecule has 0 radical (unpaired) electrons. The summed E-state index contributed by atoms with van der Waals surface area (Å²) >= 11 is 0. The third kappa shape index (κ3) is 3.98. The highest BCUT2D eigenvalue weighted by Crippen LogP contribution is 2.14. The fourth-order valence-electron chi connectivity index (χ4n) is 2.86. The number of nitrogens with zero attached hydrogens (tertiary/aromatic N) is 3. The number of carbonyl (C=O) groups is 1. The summed E-state index contributed by atoms with van der Waals surface area (Å²) in [6.07, 6.45) is 2.69. The SMILES string of the molecule is CC[C@H](CNC(=O)c1cc(-c2ccccn2)n[nH]1)N1CCOCC1. The lowest BCUT2D eigenvalue weighted by molar-refractivity contribution is 0.0159. The maximum atomic E-state index is 12.3. The first-order valence-electron chi connectivity index (χ1n) is 8.34. The van der Waals surface area contributed by atoms with Crippen LogP contribution >= 0.6 is 0 Å². The van der Waals surface area contributed by atoms with Crippen molar-refractivity contribution in [3.63, 3.8) is 0 Å². The van der Waals surface area contributed by atoms with Gasteiger partial charge in [-0.05, 0) is 24.6 Å². The van der Waals surface area contributed by atoms with Gasteiger partial charge in [-0.1, -0.05) is 13.0 Å². The van der Waals surface area contributed by atoms with E-state index in [2.05, 4.69) is 32.3 Å². The number of nitrogens with one attached hydrogen (secondary N) is 2.